The molecule has 0 aliphatic rings. The van der Waals surface area contributed by atoms with E-state index < -0.39 is 0 Å². The van der Waals surface area contributed by atoms with Crippen molar-refractivity contribution in [3.63, 3.8) is 0 Å². The van der Waals surface area contributed by atoms with Crippen LogP contribution in [0.4, 0.5) is 0 Å². The zero-order chi connectivity index (χ0) is 15.2. The Kier molecular flexibility index (Phi) is 5.11. The Morgan fingerprint density at radius 3 is 2.14 bits per heavy atom. The van der Waals surface area contributed by atoms with Crippen LogP contribution in [0, 0.1) is 0 Å². The lowest BCUT2D eigenvalue weighted by Crippen LogP contribution is -2.03. The summed E-state index contributed by atoms with van der Waals surface area (Å²) in [5.74, 6) is -0.640. The number of carbonyl (C=O) groups is 2. The summed E-state index contributed by atoms with van der Waals surface area (Å²) in [7, 11) is 0. The quantitative estimate of drug-likeness (QED) is 0.789. The third-order valence-electron chi connectivity index (χ3n) is 2.76. The Bertz CT molecular complexity index is 628. The molecule has 1 heterocycles. The van der Waals surface area contributed by atoms with E-state index in [9.17, 15) is 9.59 Å². The van der Waals surface area contributed by atoms with Crippen LogP contribution in [0.5, 0.6) is 0 Å². The highest BCUT2D eigenvalue weighted by atomic mass is 32.1. The second-order valence-corrected chi connectivity index (χ2v) is 5.27. The molecule has 110 valence electrons. The number of rotatable bonds is 5. The van der Waals surface area contributed by atoms with E-state index in [-0.39, 0.29) is 11.9 Å². The summed E-state index contributed by atoms with van der Waals surface area (Å²) in [6, 6.07) is 10.7. The zero-order valence-electron chi connectivity index (χ0n) is 11.9. The molecule has 0 bridgehead atoms. The van der Waals surface area contributed by atoms with Crippen molar-refractivity contribution in [2.75, 3.05) is 13.2 Å². The summed E-state index contributed by atoms with van der Waals surface area (Å²) < 4.78 is 9.90. The Morgan fingerprint density at radius 2 is 1.52 bits per heavy atom. The number of hydrogen-bond acceptors (Lipinski definition) is 5. The highest BCUT2D eigenvalue weighted by Gasteiger charge is 2.12. The molecule has 5 heteroatoms. The second kappa shape index (κ2) is 7.04. The zero-order valence-corrected chi connectivity index (χ0v) is 12.7. The average Bonchev–Trinajstić information content (AvgIpc) is 2.98. The predicted octanol–water partition coefficient (Wildman–Crippen LogP) is 3.77. The van der Waals surface area contributed by atoms with Gasteiger partial charge in [0.15, 0.2) is 0 Å². The van der Waals surface area contributed by atoms with Crippen LogP contribution in [-0.4, -0.2) is 25.2 Å². The second-order valence-electron chi connectivity index (χ2n) is 4.18. The number of benzene rings is 1. The van der Waals surface area contributed by atoms with Crippen LogP contribution < -0.4 is 0 Å². The third-order valence-corrected chi connectivity index (χ3v) is 3.88. The summed E-state index contributed by atoms with van der Waals surface area (Å²) in [6.45, 7) is 4.27. The molecule has 0 radical (unpaired) electrons. The maximum absolute atomic E-state index is 11.6. The SMILES string of the molecule is CCOC(=O)c1ccc(-c2ccc(C(=O)OCC)s2)cc1. The largest absolute Gasteiger partial charge is 0.462 e. The minimum atomic E-state index is -0.331. The van der Waals surface area contributed by atoms with E-state index in [1.807, 2.05) is 18.2 Å². The summed E-state index contributed by atoms with van der Waals surface area (Å²) in [6.07, 6.45) is 0. The molecule has 0 N–H and O–H groups in total. The van der Waals surface area contributed by atoms with Crippen LogP contribution in [0.15, 0.2) is 36.4 Å². The minimum absolute atomic E-state index is 0.308. The highest BCUT2D eigenvalue weighted by molar-refractivity contribution is 7.17. The number of hydrogen-bond donors (Lipinski definition) is 0. The van der Waals surface area contributed by atoms with Gasteiger partial charge in [0.1, 0.15) is 4.88 Å². The predicted molar refractivity (Wildman–Crippen MR) is 81.7 cm³/mol. The molecule has 1 aromatic heterocycles. The van der Waals surface area contributed by atoms with E-state index in [0.717, 1.165) is 10.4 Å². The molecule has 0 saturated heterocycles. The lowest BCUT2D eigenvalue weighted by atomic mass is 10.1. The van der Waals surface area contributed by atoms with Crippen molar-refractivity contribution in [1.82, 2.24) is 0 Å². The molecule has 0 saturated carbocycles. The highest BCUT2D eigenvalue weighted by Crippen LogP contribution is 2.28. The molecule has 0 atom stereocenters. The van der Waals surface area contributed by atoms with Crippen molar-refractivity contribution in [3.05, 3.63) is 46.8 Å². The topological polar surface area (TPSA) is 52.6 Å². The van der Waals surface area contributed by atoms with Gasteiger partial charge in [0, 0.05) is 4.88 Å². The molecule has 0 aliphatic carbocycles. The molecule has 0 unspecified atom stereocenters. The summed E-state index contributed by atoms with van der Waals surface area (Å²) in [5, 5.41) is 0. The van der Waals surface area contributed by atoms with E-state index in [0.29, 0.717) is 23.7 Å². The Balaban J connectivity index is 2.15. The fourth-order valence-corrected chi connectivity index (χ4v) is 2.70. The fourth-order valence-electron chi connectivity index (χ4n) is 1.79. The molecule has 0 amide bonds. The smallest absolute Gasteiger partial charge is 0.348 e. The Morgan fingerprint density at radius 1 is 0.905 bits per heavy atom. The Labute approximate surface area is 127 Å². The van der Waals surface area contributed by atoms with E-state index in [1.54, 1.807) is 32.0 Å². The normalized spacial score (nSPS) is 10.2. The van der Waals surface area contributed by atoms with Gasteiger partial charge < -0.3 is 9.47 Å². The van der Waals surface area contributed by atoms with Gasteiger partial charge in [-0.15, -0.1) is 11.3 Å². The lowest BCUT2D eigenvalue weighted by molar-refractivity contribution is 0.0519. The van der Waals surface area contributed by atoms with Gasteiger partial charge in [-0.05, 0) is 43.7 Å². The van der Waals surface area contributed by atoms with E-state index >= 15 is 0 Å². The minimum Gasteiger partial charge on any atom is -0.462 e. The monoisotopic (exact) mass is 304 g/mol. The molecule has 21 heavy (non-hydrogen) atoms. The van der Waals surface area contributed by atoms with E-state index in [4.69, 9.17) is 9.47 Å². The van der Waals surface area contributed by atoms with Crippen LogP contribution in [0.1, 0.15) is 33.9 Å². The average molecular weight is 304 g/mol. The van der Waals surface area contributed by atoms with Crippen LogP contribution >= 0.6 is 11.3 Å². The molecule has 2 rings (SSSR count). The van der Waals surface area contributed by atoms with Crippen molar-refractivity contribution in [2.45, 2.75) is 13.8 Å². The van der Waals surface area contributed by atoms with Gasteiger partial charge in [0.2, 0.25) is 0 Å². The molecule has 2 aromatic rings. The van der Waals surface area contributed by atoms with Gasteiger partial charge in [0.25, 0.3) is 0 Å². The molecule has 0 spiro atoms. The van der Waals surface area contributed by atoms with Gasteiger partial charge >= 0.3 is 11.9 Å². The van der Waals surface area contributed by atoms with Crippen LogP contribution in [0.2, 0.25) is 0 Å². The number of carbonyl (C=O) groups excluding carboxylic acids is 2. The number of ether oxygens (including phenoxy) is 2. The first-order valence-corrected chi connectivity index (χ1v) is 7.51. The standard InChI is InChI=1S/C16H16O4S/c1-3-19-15(17)12-7-5-11(6-8-12)13-9-10-14(21-13)16(18)20-4-2/h5-10H,3-4H2,1-2H3. The maximum Gasteiger partial charge on any atom is 0.348 e. The van der Waals surface area contributed by atoms with Crippen LogP contribution in [0.3, 0.4) is 0 Å². The van der Waals surface area contributed by atoms with Gasteiger partial charge in [-0.1, -0.05) is 12.1 Å². The Hall–Kier alpha value is -2.14. The first-order valence-electron chi connectivity index (χ1n) is 6.70. The molecule has 4 nitrogen and oxygen atoms in total. The van der Waals surface area contributed by atoms with Crippen molar-refractivity contribution in [2.24, 2.45) is 0 Å². The first kappa shape index (κ1) is 15.3. The van der Waals surface area contributed by atoms with Crippen molar-refractivity contribution >= 4 is 23.3 Å². The van der Waals surface area contributed by atoms with Crippen LogP contribution in [-0.2, 0) is 9.47 Å². The number of esters is 2. The fraction of sp³-hybridized carbons (Fsp3) is 0.250. The van der Waals surface area contributed by atoms with Gasteiger partial charge in [0.05, 0.1) is 18.8 Å². The number of thiophene rings is 1. The van der Waals surface area contributed by atoms with E-state index in [1.165, 1.54) is 11.3 Å². The van der Waals surface area contributed by atoms with E-state index in [2.05, 4.69) is 0 Å². The van der Waals surface area contributed by atoms with Gasteiger partial charge in [-0.25, -0.2) is 9.59 Å². The summed E-state index contributed by atoms with van der Waals surface area (Å²) in [5.41, 5.74) is 1.46. The van der Waals surface area contributed by atoms with Crippen molar-refractivity contribution < 1.29 is 19.1 Å². The van der Waals surface area contributed by atoms with Gasteiger partial charge in [-0.3, -0.25) is 0 Å². The molecular weight excluding hydrogens is 288 g/mol. The molecular formula is C16H16O4S. The van der Waals surface area contributed by atoms with Crippen molar-refractivity contribution in [1.29, 1.82) is 0 Å². The van der Waals surface area contributed by atoms with Gasteiger partial charge in [-0.2, -0.15) is 0 Å². The molecule has 0 aliphatic heterocycles. The summed E-state index contributed by atoms with van der Waals surface area (Å²) in [4.78, 5) is 24.7. The third kappa shape index (κ3) is 3.70. The lowest BCUT2D eigenvalue weighted by Gasteiger charge is -2.02. The van der Waals surface area contributed by atoms with Crippen molar-refractivity contribution in [3.8, 4) is 10.4 Å². The maximum atomic E-state index is 11.6. The molecule has 1 aromatic carbocycles. The molecule has 0 fully saturated rings. The van der Waals surface area contributed by atoms with Crippen LogP contribution in [0.25, 0.3) is 10.4 Å². The summed E-state index contributed by atoms with van der Waals surface area (Å²) >= 11 is 1.37. The first-order chi connectivity index (χ1) is 10.2.